The second kappa shape index (κ2) is 10.6. The predicted molar refractivity (Wildman–Crippen MR) is 142 cm³/mol. The Morgan fingerprint density at radius 3 is 2.53 bits per heavy atom. The van der Waals surface area contributed by atoms with Crippen molar-refractivity contribution < 1.29 is 19.4 Å². The van der Waals surface area contributed by atoms with Gasteiger partial charge in [0, 0.05) is 29.2 Å². The highest BCUT2D eigenvalue weighted by Gasteiger charge is 2.49. The number of carbonyl (C=O) groups is 1. The van der Waals surface area contributed by atoms with Crippen LogP contribution in [0.5, 0.6) is 11.5 Å². The molecule has 2 unspecified atom stereocenters. The number of benzene rings is 2. The second-order valence-corrected chi connectivity index (χ2v) is 10.5. The largest absolute Gasteiger partial charge is 0.493 e. The number of fused-ring (bicyclic) bond motifs is 3. The average Bonchev–Trinajstić information content (AvgIpc) is 2.83. The molecule has 0 aromatic heterocycles. The van der Waals surface area contributed by atoms with Crippen LogP contribution in [0.1, 0.15) is 58.3 Å². The average molecular weight is 494 g/mol. The lowest BCUT2D eigenvalue weighted by Gasteiger charge is -2.49. The van der Waals surface area contributed by atoms with Gasteiger partial charge in [-0.1, -0.05) is 23.3 Å². The highest BCUT2D eigenvalue weighted by molar-refractivity contribution is 5.95. The number of hydrazone groups is 1. The van der Waals surface area contributed by atoms with E-state index in [1.54, 1.807) is 14.2 Å². The normalized spacial score (nSPS) is 23.5. The van der Waals surface area contributed by atoms with Crippen molar-refractivity contribution in [2.45, 2.75) is 57.6 Å². The van der Waals surface area contributed by atoms with Crippen LogP contribution in [0.25, 0.3) is 0 Å². The van der Waals surface area contributed by atoms with Crippen LogP contribution in [0, 0.1) is 19.8 Å². The molecule has 0 fully saturated rings. The number of rotatable bonds is 6. The first kappa shape index (κ1) is 26.2. The number of nitrogens with zero attached hydrogens (tertiary/aromatic N) is 3. The van der Waals surface area contributed by atoms with E-state index in [4.69, 9.17) is 9.47 Å². The molecule has 1 heterocycles. The van der Waals surface area contributed by atoms with Crippen LogP contribution in [0.2, 0.25) is 0 Å². The van der Waals surface area contributed by atoms with Crippen molar-refractivity contribution in [3.8, 4) is 11.5 Å². The fraction of sp³-hybridized carbons (Fsp3) is 0.517. The van der Waals surface area contributed by atoms with Crippen molar-refractivity contribution in [3.05, 3.63) is 58.1 Å². The molecule has 194 valence electrons. The number of methoxy groups -OCH3 is 2. The van der Waals surface area contributed by atoms with E-state index in [-0.39, 0.29) is 11.8 Å². The van der Waals surface area contributed by atoms with Crippen LogP contribution in [0.3, 0.4) is 0 Å². The topological polar surface area (TPSA) is 74.6 Å². The van der Waals surface area contributed by atoms with Crippen molar-refractivity contribution in [1.82, 2.24) is 9.91 Å². The Balaban J connectivity index is 1.82. The van der Waals surface area contributed by atoms with Gasteiger partial charge in [-0.05, 0) is 89.9 Å². The maximum absolute atomic E-state index is 13.6. The first-order chi connectivity index (χ1) is 17.2. The van der Waals surface area contributed by atoms with E-state index in [2.05, 4.69) is 30.2 Å². The minimum absolute atomic E-state index is 0.253. The Labute approximate surface area is 214 Å². The van der Waals surface area contributed by atoms with E-state index in [1.807, 2.05) is 44.3 Å². The number of aliphatic hydroxyl groups is 1. The van der Waals surface area contributed by atoms with E-state index >= 15 is 0 Å². The zero-order valence-corrected chi connectivity index (χ0v) is 22.4. The minimum Gasteiger partial charge on any atom is -0.493 e. The van der Waals surface area contributed by atoms with Gasteiger partial charge >= 0.3 is 0 Å². The third kappa shape index (κ3) is 4.87. The number of hydrogen-bond acceptors (Lipinski definition) is 6. The van der Waals surface area contributed by atoms with E-state index in [0.29, 0.717) is 17.7 Å². The lowest BCUT2D eigenvalue weighted by molar-refractivity contribution is -0.0232. The summed E-state index contributed by atoms with van der Waals surface area (Å²) in [5.41, 5.74) is 4.46. The maximum Gasteiger partial charge on any atom is 0.276 e. The van der Waals surface area contributed by atoms with Gasteiger partial charge in [0.1, 0.15) is 0 Å². The number of ether oxygens (including phenoxy) is 2. The lowest BCUT2D eigenvalue weighted by atomic mass is 9.58. The molecule has 0 spiro atoms. The maximum atomic E-state index is 13.6. The van der Waals surface area contributed by atoms with Gasteiger partial charge in [0.05, 0.1) is 14.2 Å². The van der Waals surface area contributed by atoms with Crippen LogP contribution >= 0.6 is 0 Å². The molecule has 0 bridgehead atoms. The minimum atomic E-state index is -1.08. The van der Waals surface area contributed by atoms with E-state index in [0.717, 1.165) is 54.7 Å². The molecule has 1 aliphatic heterocycles. The molecule has 1 amide bonds. The molecule has 0 saturated carbocycles. The summed E-state index contributed by atoms with van der Waals surface area (Å²) in [6, 6.07) is 9.83. The quantitative estimate of drug-likeness (QED) is 0.649. The Hall–Kier alpha value is -2.90. The number of aryl methyl sites for hydroxylation is 3. The van der Waals surface area contributed by atoms with E-state index < -0.39 is 11.6 Å². The number of hydrogen-bond donors (Lipinski definition) is 1. The zero-order valence-electron chi connectivity index (χ0n) is 22.4. The molecule has 1 N–H and O–H groups in total. The van der Waals surface area contributed by atoms with Crippen LogP contribution < -0.4 is 9.47 Å². The molecule has 0 radical (unpaired) electrons. The molecule has 3 atom stereocenters. The van der Waals surface area contributed by atoms with E-state index in [1.165, 1.54) is 10.6 Å². The zero-order chi connectivity index (χ0) is 26.0. The van der Waals surface area contributed by atoms with Crippen molar-refractivity contribution in [1.29, 1.82) is 0 Å². The lowest BCUT2D eigenvalue weighted by Crippen LogP contribution is -2.49. The Morgan fingerprint density at radius 2 is 1.89 bits per heavy atom. The first-order valence-electron chi connectivity index (χ1n) is 12.7. The Bertz CT molecular complexity index is 1130. The van der Waals surface area contributed by atoms with Crippen LogP contribution in [0.4, 0.5) is 0 Å². The van der Waals surface area contributed by atoms with Gasteiger partial charge in [0.15, 0.2) is 17.7 Å². The third-order valence-electron chi connectivity index (χ3n) is 7.78. The smallest absolute Gasteiger partial charge is 0.276 e. The van der Waals surface area contributed by atoms with Crippen LogP contribution in [-0.4, -0.2) is 68.2 Å². The van der Waals surface area contributed by atoms with Gasteiger partial charge in [-0.25, -0.2) is 5.01 Å². The Kier molecular flexibility index (Phi) is 7.71. The molecule has 0 saturated heterocycles. The SMILES string of the molecule is COc1ccc2c(c1OC)[C@]1(CCN(C)C)CC(O)N(C(=O)c3cc(C)cc(C)c3)N=CCC1CC2. The first-order valence-corrected chi connectivity index (χ1v) is 12.7. The van der Waals surface area contributed by atoms with Gasteiger partial charge in [-0.15, -0.1) is 0 Å². The molecule has 2 aromatic rings. The van der Waals surface area contributed by atoms with Gasteiger partial charge in [0.2, 0.25) is 0 Å². The van der Waals surface area contributed by atoms with Gasteiger partial charge in [-0.3, -0.25) is 4.79 Å². The molecule has 36 heavy (non-hydrogen) atoms. The van der Waals surface area contributed by atoms with E-state index in [9.17, 15) is 9.90 Å². The summed E-state index contributed by atoms with van der Waals surface area (Å²) >= 11 is 0. The standard InChI is InChI=1S/C29H39N3O4/c1-19-15-20(2)17-22(16-19)28(34)32-25(33)18-29(12-14-31(3)4)23(11-13-30-32)9-7-21-8-10-24(35-5)27(36-6)26(21)29/h8,10,13,15-17,23,25,33H,7,9,11-12,14,18H2,1-6H3/t23?,25?,29-/m1/s1. The predicted octanol–water partition coefficient (Wildman–Crippen LogP) is 4.31. The summed E-state index contributed by atoms with van der Waals surface area (Å²) in [6.07, 6.45) is 4.56. The summed E-state index contributed by atoms with van der Waals surface area (Å²) < 4.78 is 11.6. The van der Waals surface area contributed by atoms with Gasteiger partial charge in [0.25, 0.3) is 5.91 Å². The molecule has 7 nitrogen and oxygen atoms in total. The fourth-order valence-corrected chi connectivity index (χ4v) is 6.17. The van der Waals surface area contributed by atoms with Gasteiger partial charge in [-0.2, -0.15) is 5.10 Å². The summed E-state index contributed by atoms with van der Waals surface area (Å²) in [5, 5.41) is 17.4. The third-order valence-corrected chi connectivity index (χ3v) is 7.78. The van der Waals surface area contributed by atoms with Crippen LogP contribution in [0.15, 0.2) is 35.4 Å². The highest BCUT2D eigenvalue weighted by Crippen LogP contribution is 2.54. The fourth-order valence-electron chi connectivity index (χ4n) is 6.17. The summed E-state index contributed by atoms with van der Waals surface area (Å²) in [6.45, 7) is 4.78. The van der Waals surface area contributed by atoms with Crippen molar-refractivity contribution >= 4 is 12.1 Å². The molecule has 2 aromatic carbocycles. The summed E-state index contributed by atoms with van der Waals surface area (Å²) in [5.74, 6) is 1.38. The molecule has 7 heteroatoms. The monoisotopic (exact) mass is 493 g/mol. The summed E-state index contributed by atoms with van der Waals surface area (Å²) in [4.78, 5) is 15.7. The molecule has 1 aliphatic carbocycles. The molecular formula is C29H39N3O4. The molecule has 4 rings (SSSR count). The van der Waals surface area contributed by atoms with Gasteiger partial charge < -0.3 is 19.5 Å². The number of carbonyl (C=O) groups excluding carboxylic acids is 1. The molecular weight excluding hydrogens is 454 g/mol. The number of aliphatic hydroxyl groups excluding tert-OH is 1. The number of amides is 1. The summed E-state index contributed by atoms with van der Waals surface area (Å²) in [7, 11) is 7.46. The second-order valence-electron chi connectivity index (χ2n) is 10.5. The van der Waals surface area contributed by atoms with Crippen LogP contribution in [-0.2, 0) is 11.8 Å². The Morgan fingerprint density at radius 1 is 1.17 bits per heavy atom. The van der Waals surface area contributed by atoms with Crippen molar-refractivity contribution in [3.63, 3.8) is 0 Å². The van der Waals surface area contributed by atoms with Crippen molar-refractivity contribution in [2.75, 3.05) is 34.9 Å². The van der Waals surface area contributed by atoms with Crippen molar-refractivity contribution in [2.24, 2.45) is 11.0 Å². The highest BCUT2D eigenvalue weighted by atomic mass is 16.5. The molecule has 2 aliphatic rings.